The van der Waals surface area contributed by atoms with E-state index in [9.17, 15) is 26.4 Å². The maximum absolute atomic E-state index is 13.6. The highest BCUT2D eigenvalue weighted by molar-refractivity contribution is 7.89. The number of amides is 2. The molecule has 2 saturated heterocycles. The second-order valence-corrected chi connectivity index (χ2v) is 12.3. The summed E-state index contributed by atoms with van der Waals surface area (Å²) in [5, 5.41) is 3.66. The van der Waals surface area contributed by atoms with Crippen LogP contribution in [0, 0.1) is 0 Å². The topological polar surface area (TPSA) is 82.2 Å². The average molecular weight is 609 g/mol. The summed E-state index contributed by atoms with van der Waals surface area (Å²) in [4.78, 5) is 16.4. The number of sulfonamides is 1. The van der Waals surface area contributed by atoms with Gasteiger partial charge in [-0.05, 0) is 66.2 Å². The molecule has 1 N–H and O–H groups in total. The van der Waals surface area contributed by atoms with Gasteiger partial charge in [-0.25, -0.2) is 13.2 Å². The normalized spacial score (nSPS) is 18.6. The van der Waals surface area contributed by atoms with E-state index in [2.05, 4.69) is 5.32 Å². The van der Waals surface area contributed by atoms with Crippen molar-refractivity contribution < 1.29 is 31.1 Å². The van der Waals surface area contributed by atoms with E-state index in [-0.39, 0.29) is 18.8 Å². The van der Waals surface area contributed by atoms with E-state index < -0.39 is 33.8 Å². The predicted molar refractivity (Wildman–Crippen MR) is 150 cm³/mol. The van der Waals surface area contributed by atoms with Crippen molar-refractivity contribution in [2.75, 3.05) is 49.9 Å². The number of carbonyl (C=O) groups is 1. The van der Waals surface area contributed by atoms with Crippen LogP contribution in [0.1, 0.15) is 17.2 Å². The van der Waals surface area contributed by atoms with Gasteiger partial charge >= 0.3 is 12.2 Å². The molecule has 218 valence electrons. The molecule has 13 heteroatoms. The number of rotatable bonds is 8. The minimum Gasteiger partial charge on any atom is -0.457 e. The Morgan fingerprint density at radius 3 is 2.22 bits per heavy atom. The quantitative estimate of drug-likeness (QED) is 0.372. The van der Waals surface area contributed by atoms with Crippen molar-refractivity contribution in [2.24, 2.45) is 0 Å². The average Bonchev–Trinajstić information content (AvgIpc) is 3.29. The van der Waals surface area contributed by atoms with Crippen LogP contribution in [0.25, 0.3) is 0 Å². The van der Waals surface area contributed by atoms with Crippen molar-refractivity contribution in [1.29, 1.82) is 0 Å². The van der Waals surface area contributed by atoms with Crippen molar-refractivity contribution in [3.63, 3.8) is 0 Å². The molecule has 0 aliphatic carbocycles. The molecule has 1 atom stereocenters. The van der Waals surface area contributed by atoms with Gasteiger partial charge < -0.3 is 15.0 Å². The highest BCUT2D eigenvalue weighted by Gasteiger charge is 2.41. The van der Waals surface area contributed by atoms with Crippen LogP contribution in [0.15, 0.2) is 72.8 Å². The zero-order valence-electron chi connectivity index (χ0n) is 21.9. The van der Waals surface area contributed by atoms with Crippen LogP contribution in [0.2, 0.25) is 5.02 Å². The molecule has 3 aromatic rings. The minimum absolute atomic E-state index is 0.0280. The Morgan fingerprint density at radius 1 is 0.951 bits per heavy atom. The van der Waals surface area contributed by atoms with Crippen molar-refractivity contribution in [1.82, 2.24) is 14.5 Å². The van der Waals surface area contributed by atoms with Gasteiger partial charge in [0.15, 0.2) is 0 Å². The lowest BCUT2D eigenvalue weighted by atomic mass is 10.0. The molecule has 0 saturated carbocycles. The number of carbonyl (C=O) groups excluding carboxylic acids is 1. The lowest BCUT2D eigenvalue weighted by Gasteiger charge is -2.27. The van der Waals surface area contributed by atoms with Gasteiger partial charge in [0.25, 0.3) is 0 Å². The second kappa shape index (κ2) is 11.9. The van der Waals surface area contributed by atoms with Gasteiger partial charge in [-0.2, -0.15) is 17.5 Å². The van der Waals surface area contributed by atoms with Crippen molar-refractivity contribution in [3.8, 4) is 11.5 Å². The minimum atomic E-state index is -4.55. The molecule has 0 spiro atoms. The number of alkyl halides is 3. The largest absolute Gasteiger partial charge is 0.457 e. The summed E-state index contributed by atoms with van der Waals surface area (Å²) in [5.41, 5.74) is -0.0932. The number of piperazine rings is 1. The molecular formula is C28H28ClF3N4O4S. The van der Waals surface area contributed by atoms with Gasteiger partial charge in [0.2, 0.25) is 10.0 Å². The number of hydrogen-bond acceptors (Lipinski definition) is 5. The molecule has 0 radical (unpaired) electrons. The highest BCUT2D eigenvalue weighted by atomic mass is 35.5. The number of anilines is 1. The fourth-order valence-electron chi connectivity index (χ4n) is 4.90. The molecule has 5 rings (SSSR count). The fourth-order valence-corrected chi connectivity index (χ4v) is 6.47. The third-order valence-corrected chi connectivity index (χ3v) is 9.14. The van der Waals surface area contributed by atoms with Crippen LogP contribution >= 0.6 is 11.6 Å². The van der Waals surface area contributed by atoms with E-state index in [4.69, 9.17) is 16.3 Å². The molecule has 0 unspecified atom stereocenters. The van der Waals surface area contributed by atoms with Crippen LogP contribution in [0.3, 0.4) is 0 Å². The third kappa shape index (κ3) is 6.78. The maximum atomic E-state index is 13.6. The molecule has 2 amide bonds. The van der Waals surface area contributed by atoms with Crippen LogP contribution < -0.4 is 15.0 Å². The number of halogens is 4. The summed E-state index contributed by atoms with van der Waals surface area (Å²) in [5.74, 6) is 0.755. The van der Waals surface area contributed by atoms with Gasteiger partial charge in [-0.3, -0.25) is 4.90 Å². The van der Waals surface area contributed by atoms with E-state index in [1.807, 2.05) is 0 Å². The second-order valence-electron chi connectivity index (χ2n) is 9.75. The summed E-state index contributed by atoms with van der Waals surface area (Å²) in [6.07, 6.45) is -4.55. The monoisotopic (exact) mass is 608 g/mol. The molecule has 0 bridgehead atoms. The van der Waals surface area contributed by atoms with E-state index in [1.165, 1.54) is 20.2 Å². The van der Waals surface area contributed by atoms with Crippen LogP contribution in [-0.2, 0) is 16.2 Å². The lowest BCUT2D eigenvalue weighted by molar-refractivity contribution is -0.137. The highest BCUT2D eigenvalue weighted by Crippen LogP contribution is 2.38. The number of benzene rings is 3. The van der Waals surface area contributed by atoms with Crippen LogP contribution in [0.5, 0.6) is 11.5 Å². The van der Waals surface area contributed by atoms with E-state index in [1.54, 1.807) is 54.6 Å². The van der Waals surface area contributed by atoms with Gasteiger partial charge in [0, 0.05) is 50.0 Å². The van der Waals surface area contributed by atoms with Crippen LogP contribution in [0.4, 0.5) is 23.7 Å². The lowest BCUT2D eigenvalue weighted by Crippen LogP contribution is -2.48. The molecule has 8 nitrogen and oxygen atoms in total. The number of hydrogen-bond donors (Lipinski definition) is 1. The molecule has 2 fully saturated rings. The zero-order chi connectivity index (χ0) is 29.2. The Bertz CT molecular complexity index is 1480. The number of nitrogens with zero attached hydrogens (tertiary/aromatic N) is 3. The zero-order valence-corrected chi connectivity index (χ0v) is 23.4. The maximum Gasteiger partial charge on any atom is 0.416 e. The predicted octanol–water partition coefficient (Wildman–Crippen LogP) is 5.37. The summed E-state index contributed by atoms with van der Waals surface area (Å²) in [6, 6.07) is 17.0. The molecular weight excluding hydrogens is 581 g/mol. The standard InChI is InChI=1S/C28H28ClF3N4O4S/c29-22-4-8-24(9-5-22)40-25-10-6-23(7-11-25)36-26(20-2-1-3-21(18-20)28(30,31)32)19-34(27(36)37)16-17-41(38,39)35-14-12-33-13-15-35/h1-11,18,26,33H,12-17,19H2/t26-/m1/s1. The van der Waals surface area contributed by atoms with Gasteiger partial charge in [-0.1, -0.05) is 23.7 Å². The first-order valence-corrected chi connectivity index (χ1v) is 15.0. The fraction of sp³-hybridized carbons (Fsp3) is 0.321. The summed E-state index contributed by atoms with van der Waals surface area (Å²) >= 11 is 5.92. The molecule has 2 heterocycles. The third-order valence-electron chi connectivity index (χ3n) is 7.03. The molecule has 2 aliphatic heterocycles. The number of urea groups is 1. The summed E-state index contributed by atoms with van der Waals surface area (Å²) in [6.45, 7) is 1.73. The van der Waals surface area contributed by atoms with E-state index in [0.717, 1.165) is 12.1 Å². The Balaban J connectivity index is 1.40. The van der Waals surface area contributed by atoms with Gasteiger partial charge in [-0.15, -0.1) is 0 Å². The van der Waals surface area contributed by atoms with Crippen LogP contribution in [-0.4, -0.2) is 68.7 Å². The number of nitrogens with one attached hydrogen (secondary N) is 1. The van der Waals surface area contributed by atoms with Crippen molar-refractivity contribution >= 4 is 33.3 Å². The first-order valence-electron chi connectivity index (χ1n) is 13.0. The molecule has 0 aromatic heterocycles. The molecule has 3 aromatic carbocycles. The first kappa shape index (κ1) is 29.2. The Morgan fingerprint density at radius 2 is 1.59 bits per heavy atom. The SMILES string of the molecule is O=C1N(CCS(=O)(=O)N2CCNCC2)C[C@H](c2cccc(C(F)(F)F)c2)N1c1ccc(Oc2ccc(Cl)cc2)cc1. The van der Waals surface area contributed by atoms with E-state index >= 15 is 0 Å². The molecule has 41 heavy (non-hydrogen) atoms. The Labute approximate surface area is 241 Å². The summed E-state index contributed by atoms with van der Waals surface area (Å²) in [7, 11) is -3.62. The first-order chi connectivity index (χ1) is 19.5. The van der Waals surface area contributed by atoms with Gasteiger partial charge in [0.1, 0.15) is 11.5 Å². The van der Waals surface area contributed by atoms with E-state index in [0.29, 0.717) is 54.0 Å². The number of ether oxygens (including phenoxy) is 1. The summed E-state index contributed by atoms with van der Waals surface area (Å²) < 4.78 is 73.6. The smallest absolute Gasteiger partial charge is 0.416 e. The van der Waals surface area contributed by atoms with Gasteiger partial charge in [0.05, 0.1) is 17.4 Å². The van der Waals surface area contributed by atoms with Crippen molar-refractivity contribution in [2.45, 2.75) is 12.2 Å². The Hall–Kier alpha value is -3.32. The Kier molecular flexibility index (Phi) is 8.46. The van der Waals surface area contributed by atoms with Crippen molar-refractivity contribution in [3.05, 3.63) is 88.9 Å². The molecule has 2 aliphatic rings.